The van der Waals surface area contributed by atoms with E-state index in [0.717, 1.165) is 11.1 Å². The predicted molar refractivity (Wildman–Crippen MR) is 89.8 cm³/mol. The molecule has 0 aliphatic carbocycles. The largest absolute Gasteiger partial charge is 0.445 e. The van der Waals surface area contributed by atoms with Crippen LogP contribution in [-0.2, 0) is 22.3 Å². The van der Waals surface area contributed by atoms with E-state index in [4.69, 9.17) is 9.26 Å². The highest BCUT2D eigenvalue weighted by atomic mass is 31.2. The van der Waals surface area contributed by atoms with Crippen LogP contribution in [0.4, 0.5) is 4.79 Å². The van der Waals surface area contributed by atoms with Gasteiger partial charge in [0, 0.05) is 13.5 Å². The van der Waals surface area contributed by atoms with Crippen molar-refractivity contribution in [2.24, 2.45) is 0 Å². The maximum absolute atomic E-state index is 11.9. The molecule has 2 rings (SSSR count). The lowest BCUT2D eigenvalue weighted by Gasteiger charge is -2.21. The zero-order chi connectivity index (χ0) is 16.5. The number of carbonyl (C=O) groups excluding carboxylic acids is 1. The zero-order valence-corrected chi connectivity index (χ0v) is 13.8. The minimum absolute atomic E-state index is 0.182. The minimum atomic E-state index is -1.77. The maximum Gasteiger partial charge on any atom is 0.408 e. The highest BCUT2D eigenvalue weighted by Gasteiger charge is 2.23. The van der Waals surface area contributed by atoms with Crippen molar-refractivity contribution in [1.82, 2.24) is 5.32 Å². The number of hydrogen-bond acceptors (Lipinski definition) is 4. The number of hydrogen-bond donors (Lipinski definition) is 2. The molecule has 5 nitrogen and oxygen atoms in total. The standard InChI is InChI=1S/C17H20NO4P/c1-21-23(20)16(12-14-8-4-2-5-9-14)18-17(19)22-13-15-10-6-3-7-11-15/h2-11,16,20H,12-13H2,1H3,(H,18,19). The Labute approximate surface area is 137 Å². The molecule has 0 aromatic heterocycles. The first-order valence-corrected chi connectivity index (χ1v) is 8.50. The average Bonchev–Trinajstić information content (AvgIpc) is 2.60. The van der Waals surface area contributed by atoms with Crippen LogP contribution in [0.2, 0.25) is 0 Å². The lowest BCUT2D eigenvalue weighted by Crippen LogP contribution is -2.35. The average molecular weight is 333 g/mol. The van der Waals surface area contributed by atoms with Crippen molar-refractivity contribution in [3.8, 4) is 0 Å². The van der Waals surface area contributed by atoms with Gasteiger partial charge in [-0.05, 0) is 11.1 Å². The molecule has 0 spiro atoms. The Balaban J connectivity index is 1.90. The second kappa shape index (κ2) is 9.26. The Morgan fingerprint density at radius 3 is 2.22 bits per heavy atom. The van der Waals surface area contributed by atoms with Gasteiger partial charge in [-0.25, -0.2) is 4.79 Å². The van der Waals surface area contributed by atoms with Crippen LogP contribution >= 0.6 is 8.38 Å². The van der Waals surface area contributed by atoms with E-state index in [9.17, 15) is 9.69 Å². The summed E-state index contributed by atoms with van der Waals surface area (Å²) in [4.78, 5) is 21.9. The first-order valence-electron chi connectivity index (χ1n) is 7.22. The molecule has 0 heterocycles. The van der Waals surface area contributed by atoms with Crippen LogP contribution in [0.3, 0.4) is 0 Å². The summed E-state index contributed by atoms with van der Waals surface area (Å²) in [7, 11) is -0.358. The third-order valence-corrected chi connectivity index (χ3v) is 4.44. The monoisotopic (exact) mass is 333 g/mol. The SMILES string of the molecule is COP(O)C(Cc1ccccc1)NC(=O)OCc1ccccc1. The summed E-state index contributed by atoms with van der Waals surface area (Å²) in [5, 5.41) is 2.68. The fourth-order valence-electron chi connectivity index (χ4n) is 2.05. The van der Waals surface area contributed by atoms with Gasteiger partial charge in [0.15, 0.2) is 8.38 Å². The second-order valence-corrected chi connectivity index (χ2v) is 6.49. The van der Waals surface area contributed by atoms with Crippen molar-refractivity contribution in [3.05, 3.63) is 71.8 Å². The van der Waals surface area contributed by atoms with Crippen molar-refractivity contribution in [2.75, 3.05) is 7.11 Å². The van der Waals surface area contributed by atoms with Crippen molar-refractivity contribution < 1.29 is 18.9 Å². The van der Waals surface area contributed by atoms with Crippen molar-refractivity contribution in [2.45, 2.75) is 18.8 Å². The fraction of sp³-hybridized carbons (Fsp3) is 0.235. The Kier molecular flexibility index (Phi) is 7.01. The predicted octanol–water partition coefficient (Wildman–Crippen LogP) is 3.43. The summed E-state index contributed by atoms with van der Waals surface area (Å²) in [6.45, 7) is 0.182. The van der Waals surface area contributed by atoms with Crippen LogP contribution in [0.5, 0.6) is 0 Å². The molecule has 0 aliphatic heterocycles. The number of ether oxygens (including phenoxy) is 1. The molecule has 2 aromatic rings. The van der Waals surface area contributed by atoms with E-state index in [0.29, 0.717) is 6.42 Å². The Morgan fingerprint density at radius 2 is 1.65 bits per heavy atom. The van der Waals surface area contributed by atoms with Crippen LogP contribution in [0, 0.1) is 0 Å². The summed E-state index contributed by atoms with van der Waals surface area (Å²) in [5.41, 5.74) is 1.90. The number of benzene rings is 2. The van der Waals surface area contributed by atoms with Gasteiger partial charge >= 0.3 is 6.09 Å². The summed E-state index contributed by atoms with van der Waals surface area (Å²) < 4.78 is 10.2. The molecule has 23 heavy (non-hydrogen) atoms. The van der Waals surface area contributed by atoms with Gasteiger partial charge < -0.3 is 19.5 Å². The van der Waals surface area contributed by atoms with E-state index in [1.807, 2.05) is 60.7 Å². The van der Waals surface area contributed by atoms with Gasteiger partial charge in [0.25, 0.3) is 0 Å². The van der Waals surface area contributed by atoms with Gasteiger partial charge in [-0.15, -0.1) is 0 Å². The molecule has 2 unspecified atom stereocenters. The molecule has 1 amide bonds. The lowest BCUT2D eigenvalue weighted by molar-refractivity contribution is 0.137. The third kappa shape index (κ3) is 5.99. The van der Waals surface area contributed by atoms with Crippen LogP contribution in [0.1, 0.15) is 11.1 Å². The highest BCUT2D eigenvalue weighted by molar-refractivity contribution is 7.47. The summed E-state index contributed by atoms with van der Waals surface area (Å²) in [6.07, 6.45) is -0.106. The molecule has 2 atom stereocenters. The van der Waals surface area contributed by atoms with E-state index >= 15 is 0 Å². The molecule has 0 aliphatic rings. The normalized spacial score (nSPS) is 13.1. The van der Waals surface area contributed by atoms with Crippen molar-refractivity contribution >= 4 is 14.5 Å². The number of nitrogens with one attached hydrogen (secondary N) is 1. The zero-order valence-electron chi connectivity index (χ0n) is 12.9. The van der Waals surface area contributed by atoms with E-state index in [1.165, 1.54) is 7.11 Å². The minimum Gasteiger partial charge on any atom is -0.445 e. The number of alkyl carbamates (subject to hydrolysis) is 1. The molecule has 122 valence electrons. The quantitative estimate of drug-likeness (QED) is 0.762. The first-order chi connectivity index (χ1) is 11.2. The van der Waals surface area contributed by atoms with Crippen LogP contribution < -0.4 is 5.32 Å². The second-order valence-electron chi connectivity index (χ2n) is 4.90. The van der Waals surface area contributed by atoms with E-state index < -0.39 is 20.3 Å². The molecule has 0 saturated heterocycles. The van der Waals surface area contributed by atoms with Gasteiger partial charge in [-0.3, -0.25) is 0 Å². The summed E-state index contributed by atoms with van der Waals surface area (Å²) in [6, 6.07) is 19.0. The molecular weight excluding hydrogens is 313 g/mol. The number of amides is 1. The number of carbonyl (C=O) groups is 1. The molecule has 0 saturated carbocycles. The van der Waals surface area contributed by atoms with Gasteiger partial charge in [0.05, 0.1) is 0 Å². The summed E-state index contributed by atoms with van der Waals surface area (Å²) in [5.74, 6) is -0.527. The van der Waals surface area contributed by atoms with E-state index in [1.54, 1.807) is 0 Å². The summed E-state index contributed by atoms with van der Waals surface area (Å²) >= 11 is 0. The Bertz CT molecular complexity index is 594. The van der Waals surface area contributed by atoms with Crippen LogP contribution in [0.25, 0.3) is 0 Å². The molecule has 2 aromatic carbocycles. The maximum atomic E-state index is 11.9. The van der Waals surface area contributed by atoms with Gasteiger partial charge in [0.2, 0.25) is 0 Å². The third-order valence-electron chi connectivity index (χ3n) is 3.22. The Hall–Kier alpha value is -1.94. The first kappa shape index (κ1) is 17.4. The van der Waals surface area contributed by atoms with Crippen LogP contribution in [0.15, 0.2) is 60.7 Å². The fourth-order valence-corrected chi connectivity index (χ4v) is 2.89. The van der Waals surface area contributed by atoms with Gasteiger partial charge in [-0.2, -0.15) is 0 Å². The van der Waals surface area contributed by atoms with E-state index in [2.05, 4.69) is 5.32 Å². The Morgan fingerprint density at radius 1 is 1.09 bits per heavy atom. The van der Waals surface area contributed by atoms with Gasteiger partial charge in [-0.1, -0.05) is 60.7 Å². The molecule has 0 bridgehead atoms. The molecule has 2 N–H and O–H groups in total. The van der Waals surface area contributed by atoms with Crippen LogP contribution in [-0.4, -0.2) is 23.9 Å². The van der Waals surface area contributed by atoms with Crippen molar-refractivity contribution in [3.63, 3.8) is 0 Å². The smallest absolute Gasteiger partial charge is 0.408 e. The lowest BCUT2D eigenvalue weighted by atomic mass is 10.1. The topological polar surface area (TPSA) is 67.8 Å². The molecule has 6 heteroatoms. The highest BCUT2D eigenvalue weighted by Crippen LogP contribution is 2.36. The molecule has 0 fully saturated rings. The number of rotatable bonds is 7. The van der Waals surface area contributed by atoms with Gasteiger partial charge in [0.1, 0.15) is 12.4 Å². The van der Waals surface area contributed by atoms with Crippen molar-refractivity contribution in [1.29, 1.82) is 0 Å². The molecule has 0 radical (unpaired) electrons. The molecular formula is C17H20NO4P. The van der Waals surface area contributed by atoms with E-state index in [-0.39, 0.29) is 6.61 Å².